The first kappa shape index (κ1) is 13.1. The predicted octanol–water partition coefficient (Wildman–Crippen LogP) is 2.40. The smallest absolute Gasteiger partial charge is 0.0534 e. The molecule has 2 N–H and O–H groups in total. The Kier molecular flexibility index (Phi) is 4.04. The van der Waals surface area contributed by atoms with Gasteiger partial charge in [0.2, 0.25) is 0 Å². The quantitative estimate of drug-likeness (QED) is 0.882. The molecule has 1 aromatic carbocycles. The van der Waals surface area contributed by atoms with E-state index < -0.39 is 0 Å². The second-order valence-corrected chi connectivity index (χ2v) is 5.50. The summed E-state index contributed by atoms with van der Waals surface area (Å²) in [6, 6.07) is 6.01. The lowest BCUT2D eigenvalue weighted by molar-refractivity contribution is 0.319. The number of benzene rings is 1. The Bertz CT molecular complexity index is 515. The van der Waals surface area contributed by atoms with Crippen molar-refractivity contribution in [3.63, 3.8) is 0 Å². The number of hydrogen-bond donors (Lipinski definition) is 1. The molecule has 0 aliphatic heterocycles. The molecule has 5 heteroatoms. The highest BCUT2D eigenvalue weighted by molar-refractivity contribution is 9.10. The molecule has 0 radical (unpaired) electrons. The summed E-state index contributed by atoms with van der Waals surface area (Å²) >= 11 is 3.46. The first-order chi connectivity index (χ1) is 8.52. The van der Waals surface area contributed by atoms with Crippen LogP contribution in [-0.2, 0) is 20.1 Å². The maximum atomic E-state index is 5.83. The second-order valence-electron chi connectivity index (χ2n) is 4.59. The normalized spacial score (nSPS) is 11.1. The van der Waals surface area contributed by atoms with Gasteiger partial charge in [-0.15, -0.1) is 0 Å². The Balaban J connectivity index is 2.00. The monoisotopic (exact) mass is 308 g/mol. The van der Waals surface area contributed by atoms with Gasteiger partial charge < -0.3 is 5.73 Å². The van der Waals surface area contributed by atoms with E-state index in [0.717, 1.165) is 23.2 Å². The molecular weight excluding hydrogens is 292 g/mol. The fraction of sp³-hybridized carbons (Fsp3) is 0.308. The Hall–Kier alpha value is -1.33. The number of aromatic nitrogens is 2. The fourth-order valence-corrected chi connectivity index (χ4v) is 2.56. The molecule has 18 heavy (non-hydrogen) atoms. The molecule has 0 fully saturated rings. The van der Waals surface area contributed by atoms with E-state index in [2.05, 4.69) is 39.0 Å². The summed E-state index contributed by atoms with van der Waals surface area (Å²) in [6.45, 7) is 1.73. The van der Waals surface area contributed by atoms with Gasteiger partial charge in [-0.25, -0.2) is 0 Å². The Morgan fingerprint density at radius 3 is 2.61 bits per heavy atom. The third-order valence-corrected chi connectivity index (χ3v) is 3.10. The zero-order valence-electron chi connectivity index (χ0n) is 10.6. The molecule has 1 heterocycles. The first-order valence-corrected chi connectivity index (χ1v) is 6.53. The molecule has 0 amide bonds. The average molecular weight is 309 g/mol. The molecule has 0 spiro atoms. The predicted molar refractivity (Wildman–Crippen MR) is 76.9 cm³/mol. The van der Waals surface area contributed by atoms with Crippen LogP contribution < -0.4 is 5.73 Å². The molecule has 0 bridgehead atoms. The zero-order valence-corrected chi connectivity index (χ0v) is 12.2. The Labute approximate surface area is 116 Å². The van der Waals surface area contributed by atoms with Crippen molar-refractivity contribution in [1.29, 1.82) is 0 Å². The third kappa shape index (κ3) is 3.58. The van der Waals surface area contributed by atoms with Crippen molar-refractivity contribution in [2.24, 2.45) is 7.05 Å². The van der Waals surface area contributed by atoms with Crippen molar-refractivity contribution < 1.29 is 0 Å². The van der Waals surface area contributed by atoms with E-state index in [1.807, 2.05) is 36.3 Å². The van der Waals surface area contributed by atoms with E-state index in [1.54, 1.807) is 0 Å². The van der Waals surface area contributed by atoms with Crippen LogP contribution in [0.25, 0.3) is 0 Å². The minimum Gasteiger partial charge on any atom is -0.399 e. The molecule has 0 saturated heterocycles. The largest absolute Gasteiger partial charge is 0.399 e. The van der Waals surface area contributed by atoms with Gasteiger partial charge in [0, 0.05) is 42.1 Å². The number of hydrogen-bond acceptors (Lipinski definition) is 3. The van der Waals surface area contributed by atoms with E-state index in [9.17, 15) is 0 Å². The Morgan fingerprint density at radius 1 is 1.28 bits per heavy atom. The highest BCUT2D eigenvalue weighted by Gasteiger charge is 2.05. The van der Waals surface area contributed by atoms with Crippen LogP contribution in [0.4, 0.5) is 5.69 Å². The van der Waals surface area contributed by atoms with Gasteiger partial charge in [-0.1, -0.05) is 15.9 Å². The van der Waals surface area contributed by atoms with Crippen molar-refractivity contribution in [2.45, 2.75) is 13.1 Å². The van der Waals surface area contributed by atoms with Crippen LogP contribution in [-0.4, -0.2) is 21.7 Å². The standard InChI is InChI=1S/C13H17BrN4/c1-17(8-11-6-16-18(2)9-11)7-10-3-12(14)5-13(15)4-10/h3-6,9H,7-8,15H2,1-2H3. The van der Waals surface area contributed by atoms with Gasteiger partial charge in [0.1, 0.15) is 0 Å². The number of nitrogens with zero attached hydrogens (tertiary/aromatic N) is 3. The van der Waals surface area contributed by atoms with Gasteiger partial charge in [-0.05, 0) is 30.8 Å². The van der Waals surface area contributed by atoms with Gasteiger partial charge >= 0.3 is 0 Å². The maximum Gasteiger partial charge on any atom is 0.0534 e. The molecule has 0 atom stereocenters. The summed E-state index contributed by atoms with van der Waals surface area (Å²) in [7, 11) is 4.02. The minimum atomic E-state index is 0.786. The number of aryl methyl sites for hydroxylation is 1. The number of rotatable bonds is 4. The van der Waals surface area contributed by atoms with Gasteiger partial charge in [-0.2, -0.15) is 5.10 Å². The van der Waals surface area contributed by atoms with Crippen molar-refractivity contribution in [3.05, 3.63) is 46.2 Å². The van der Waals surface area contributed by atoms with Crippen LogP contribution in [0.5, 0.6) is 0 Å². The van der Waals surface area contributed by atoms with Crippen LogP contribution in [0.1, 0.15) is 11.1 Å². The first-order valence-electron chi connectivity index (χ1n) is 5.74. The fourth-order valence-electron chi connectivity index (χ4n) is 2.00. The molecule has 0 saturated carbocycles. The van der Waals surface area contributed by atoms with E-state index in [4.69, 9.17) is 5.73 Å². The van der Waals surface area contributed by atoms with Crippen LogP contribution in [0, 0.1) is 0 Å². The highest BCUT2D eigenvalue weighted by atomic mass is 79.9. The zero-order chi connectivity index (χ0) is 13.1. The summed E-state index contributed by atoms with van der Waals surface area (Å²) in [6.07, 6.45) is 3.93. The number of anilines is 1. The lowest BCUT2D eigenvalue weighted by atomic mass is 10.2. The summed E-state index contributed by atoms with van der Waals surface area (Å²) in [5, 5.41) is 4.17. The van der Waals surface area contributed by atoms with Gasteiger partial charge in [0.15, 0.2) is 0 Å². The maximum absolute atomic E-state index is 5.83. The van der Waals surface area contributed by atoms with Gasteiger partial charge in [0.05, 0.1) is 6.20 Å². The van der Waals surface area contributed by atoms with Gasteiger partial charge in [-0.3, -0.25) is 9.58 Å². The summed E-state index contributed by atoms with van der Waals surface area (Å²) < 4.78 is 2.84. The van der Waals surface area contributed by atoms with Crippen LogP contribution in [0.3, 0.4) is 0 Å². The molecule has 4 nitrogen and oxygen atoms in total. The molecular formula is C13H17BrN4. The van der Waals surface area contributed by atoms with Gasteiger partial charge in [0.25, 0.3) is 0 Å². The molecule has 2 rings (SSSR count). The molecule has 2 aromatic rings. The second kappa shape index (κ2) is 5.54. The molecule has 0 aliphatic carbocycles. The number of nitrogen functional groups attached to an aromatic ring is 1. The van der Waals surface area contributed by atoms with Crippen molar-refractivity contribution in [1.82, 2.24) is 14.7 Å². The summed E-state index contributed by atoms with van der Waals surface area (Å²) in [5.74, 6) is 0. The summed E-state index contributed by atoms with van der Waals surface area (Å²) in [4.78, 5) is 2.23. The molecule has 0 unspecified atom stereocenters. The van der Waals surface area contributed by atoms with E-state index in [-0.39, 0.29) is 0 Å². The average Bonchev–Trinajstić information content (AvgIpc) is 2.61. The van der Waals surface area contributed by atoms with E-state index in [0.29, 0.717) is 0 Å². The number of halogens is 1. The van der Waals surface area contributed by atoms with Crippen molar-refractivity contribution >= 4 is 21.6 Å². The van der Waals surface area contributed by atoms with Crippen molar-refractivity contribution in [3.8, 4) is 0 Å². The van der Waals surface area contributed by atoms with E-state index in [1.165, 1.54) is 11.1 Å². The lowest BCUT2D eigenvalue weighted by Crippen LogP contribution is -2.17. The van der Waals surface area contributed by atoms with Crippen LogP contribution >= 0.6 is 15.9 Å². The molecule has 1 aromatic heterocycles. The van der Waals surface area contributed by atoms with Crippen LogP contribution in [0.2, 0.25) is 0 Å². The van der Waals surface area contributed by atoms with Crippen LogP contribution in [0.15, 0.2) is 35.1 Å². The SMILES string of the molecule is CN(Cc1cc(N)cc(Br)c1)Cc1cnn(C)c1. The summed E-state index contributed by atoms with van der Waals surface area (Å²) in [5.41, 5.74) is 9.03. The van der Waals surface area contributed by atoms with E-state index >= 15 is 0 Å². The Morgan fingerprint density at radius 2 is 2.00 bits per heavy atom. The lowest BCUT2D eigenvalue weighted by Gasteiger charge is -2.16. The molecule has 96 valence electrons. The minimum absolute atomic E-state index is 0.786. The highest BCUT2D eigenvalue weighted by Crippen LogP contribution is 2.18. The topological polar surface area (TPSA) is 47.1 Å². The van der Waals surface area contributed by atoms with Crippen molar-refractivity contribution in [2.75, 3.05) is 12.8 Å². The molecule has 0 aliphatic rings. The number of nitrogens with two attached hydrogens (primary N) is 1. The third-order valence-electron chi connectivity index (χ3n) is 2.64.